The van der Waals surface area contributed by atoms with Crippen LogP contribution in [0.3, 0.4) is 0 Å². The molecule has 1 nitrogen and oxygen atoms in total. The molecule has 0 aliphatic heterocycles. The summed E-state index contributed by atoms with van der Waals surface area (Å²) in [5, 5.41) is 0. The summed E-state index contributed by atoms with van der Waals surface area (Å²) in [6.45, 7) is 2.71. The Morgan fingerprint density at radius 3 is 2.25 bits per heavy atom. The Morgan fingerprint density at radius 2 is 1.81 bits per heavy atom. The molecule has 0 N–H and O–H groups in total. The topological polar surface area (TPSA) is 3.24 Å². The van der Waals surface area contributed by atoms with Crippen LogP contribution in [0.1, 0.15) is 39.0 Å². The van der Waals surface area contributed by atoms with Crippen molar-refractivity contribution >= 4 is 15.9 Å². The van der Waals surface area contributed by atoms with Crippen molar-refractivity contribution < 1.29 is 13.2 Å². The molecule has 0 heterocycles. The van der Waals surface area contributed by atoms with Crippen molar-refractivity contribution in [3.63, 3.8) is 0 Å². The summed E-state index contributed by atoms with van der Waals surface area (Å²) in [4.78, 5) is 0.563. The van der Waals surface area contributed by atoms with E-state index in [4.69, 9.17) is 0 Å². The zero-order valence-corrected chi connectivity index (χ0v) is 11.1. The Balaban J connectivity index is 2.47. The highest BCUT2D eigenvalue weighted by Crippen LogP contribution is 2.29. The summed E-state index contributed by atoms with van der Waals surface area (Å²) in [6.07, 6.45) is 1.49. The van der Waals surface area contributed by atoms with E-state index in [0.29, 0.717) is 12.6 Å². The van der Waals surface area contributed by atoms with Gasteiger partial charge >= 0.3 is 6.18 Å². The van der Waals surface area contributed by atoms with Gasteiger partial charge in [0.1, 0.15) is 4.83 Å². The smallest absolute Gasteiger partial charge is 0.299 e. The van der Waals surface area contributed by atoms with Crippen LogP contribution in [0.2, 0.25) is 0 Å². The first-order valence-electron chi connectivity index (χ1n) is 5.90. The van der Waals surface area contributed by atoms with Crippen molar-refractivity contribution in [1.29, 1.82) is 0 Å². The Morgan fingerprint density at radius 1 is 1.25 bits per heavy atom. The lowest BCUT2D eigenvalue weighted by Gasteiger charge is -2.35. The van der Waals surface area contributed by atoms with Crippen LogP contribution in [0.25, 0.3) is 0 Å². The Labute approximate surface area is 104 Å². The number of nitrogens with zero attached hydrogens (tertiary/aromatic N) is 1. The number of rotatable bonds is 4. The van der Waals surface area contributed by atoms with E-state index in [1.165, 1.54) is 6.42 Å². The zero-order chi connectivity index (χ0) is 12.2. The molecule has 16 heavy (non-hydrogen) atoms. The van der Waals surface area contributed by atoms with Gasteiger partial charge in [0.25, 0.3) is 0 Å². The van der Waals surface area contributed by atoms with Gasteiger partial charge in [-0.3, -0.25) is 4.90 Å². The highest BCUT2D eigenvalue weighted by molar-refractivity contribution is 9.09. The van der Waals surface area contributed by atoms with Gasteiger partial charge in [-0.05, 0) is 19.4 Å². The number of halogens is 4. The fourth-order valence-electron chi connectivity index (χ4n) is 2.29. The largest absolute Gasteiger partial charge is 0.402 e. The van der Waals surface area contributed by atoms with E-state index < -0.39 is 11.0 Å². The normalized spacial score (nSPS) is 21.4. The van der Waals surface area contributed by atoms with Gasteiger partial charge in [0.2, 0.25) is 0 Å². The van der Waals surface area contributed by atoms with E-state index in [1.54, 1.807) is 0 Å². The first kappa shape index (κ1) is 14.3. The summed E-state index contributed by atoms with van der Waals surface area (Å²) >= 11 is 2.74. The highest BCUT2D eigenvalue weighted by atomic mass is 79.9. The molecule has 1 unspecified atom stereocenters. The van der Waals surface area contributed by atoms with E-state index in [-0.39, 0.29) is 6.54 Å². The van der Waals surface area contributed by atoms with Crippen LogP contribution in [0.15, 0.2) is 0 Å². The molecule has 0 radical (unpaired) electrons. The molecule has 0 bridgehead atoms. The zero-order valence-electron chi connectivity index (χ0n) is 9.56. The van der Waals surface area contributed by atoms with Crippen molar-refractivity contribution in [2.24, 2.45) is 0 Å². The minimum Gasteiger partial charge on any atom is -0.299 e. The molecular weight excluding hydrogens is 283 g/mol. The second-order valence-electron chi connectivity index (χ2n) is 4.39. The van der Waals surface area contributed by atoms with Crippen LogP contribution in [0, 0.1) is 0 Å². The molecule has 1 rings (SSSR count). The fraction of sp³-hybridized carbons (Fsp3) is 1.00. The van der Waals surface area contributed by atoms with Crippen molar-refractivity contribution in [1.82, 2.24) is 4.90 Å². The molecule has 0 aromatic heterocycles. The van der Waals surface area contributed by atoms with Crippen molar-refractivity contribution in [3.8, 4) is 0 Å². The second-order valence-corrected chi connectivity index (χ2v) is 5.49. The SMILES string of the molecule is CCN(CC(Br)C(F)(F)F)C1CCCCC1. The maximum Gasteiger partial charge on any atom is 0.402 e. The number of hydrogen-bond acceptors (Lipinski definition) is 1. The van der Waals surface area contributed by atoms with Gasteiger partial charge in [-0.1, -0.05) is 42.1 Å². The van der Waals surface area contributed by atoms with Crippen LogP contribution in [-0.2, 0) is 0 Å². The summed E-state index contributed by atoms with van der Waals surface area (Å²) < 4.78 is 37.3. The first-order chi connectivity index (χ1) is 7.45. The van der Waals surface area contributed by atoms with Crippen LogP contribution in [0.4, 0.5) is 13.2 Å². The van der Waals surface area contributed by atoms with E-state index in [1.807, 2.05) is 11.8 Å². The predicted octanol–water partition coefficient (Wildman–Crippen LogP) is 3.97. The van der Waals surface area contributed by atoms with Crippen molar-refractivity contribution in [2.45, 2.75) is 56.1 Å². The average Bonchev–Trinajstić information content (AvgIpc) is 2.25. The number of hydrogen-bond donors (Lipinski definition) is 0. The first-order valence-corrected chi connectivity index (χ1v) is 6.81. The van der Waals surface area contributed by atoms with Gasteiger partial charge in [-0.15, -0.1) is 0 Å². The van der Waals surface area contributed by atoms with Crippen LogP contribution < -0.4 is 0 Å². The summed E-state index contributed by atoms with van der Waals surface area (Å²) in [6, 6.07) is 0.348. The minimum atomic E-state index is -4.14. The van der Waals surface area contributed by atoms with E-state index in [0.717, 1.165) is 25.7 Å². The summed E-state index contributed by atoms with van der Waals surface area (Å²) in [5.41, 5.74) is 0. The molecule has 0 aromatic rings. The van der Waals surface area contributed by atoms with Crippen LogP contribution in [0.5, 0.6) is 0 Å². The quantitative estimate of drug-likeness (QED) is 0.710. The molecule has 1 saturated carbocycles. The fourth-order valence-corrected chi connectivity index (χ4v) is 2.66. The van der Waals surface area contributed by atoms with E-state index in [2.05, 4.69) is 15.9 Å². The molecule has 0 aromatic carbocycles. The molecule has 0 amide bonds. The van der Waals surface area contributed by atoms with Gasteiger partial charge in [-0.2, -0.15) is 13.2 Å². The lowest BCUT2D eigenvalue weighted by Crippen LogP contribution is -2.43. The van der Waals surface area contributed by atoms with Gasteiger partial charge in [0.05, 0.1) is 0 Å². The number of alkyl halides is 4. The van der Waals surface area contributed by atoms with Crippen molar-refractivity contribution in [3.05, 3.63) is 0 Å². The highest BCUT2D eigenvalue weighted by Gasteiger charge is 2.39. The molecule has 0 spiro atoms. The lowest BCUT2D eigenvalue weighted by atomic mass is 9.94. The average molecular weight is 302 g/mol. The third-order valence-corrected chi connectivity index (χ3v) is 4.06. The maximum absolute atomic E-state index is 12.4. The third-order valence-electron chi connectivity index (χ3n) is 3.25. The molecule has 1 atom stereocenters. The van der Waals surface area contributed by atoms with E-state index in [9.17, 15) is 13.2 Å². The molecule has 96 valence electrons. The van der Waals surface area contributed by atoms with Crippen LogP contribution in [-0.4, -0.2) is 35.0 Å². The van der Waals surface area contributed by atoms with Gasteiger partial charge < -0.3 is 0 Å². The molecule has 1 aliphatic carbocycles. The monoisotopic (exact) mass is 301 g/mol. The lowest BCUT2D eigenvalue weighted by molar-refractivity contribution is -0.131. The van der Waals surface area contributed by atoms with Crippen LogP contribution >= 0.6 is 15.9 Å². The molecule has 5 heteroatoms. The van der Waals surface area contributed by atoms with E-state index >= 15 is 0 Å². The summed E-state index contributed by atoms with van der Waals surface area (Å²) in [5.74, 6) is 0. The van der Waals surface area contributed by atoms with Gasteiger partial charge in [-0.25, -0.2) is 0 Å². The Bertz CT molecular complexity index is 202. The molecule has 1 aliphatic rings. The standard InChI is InChI=1S/C11H19BrF3N/c1-2-16(8-10(12)11(13,14)15)9-6-4-3-5-7-9/h9-10H,2-8H2,1H3. The minimum absolute atomic E-state index is 0.0741. The van der Waals surface area contributed by atoms with Crippen molar-refractivity contribution in [2.75, 3.05) is 13.1 Å². The predicted molar refractivity (Wildman–Crippen MR) is 62.9 cm³/mol. The molecule has 0 saturated heterocycles. The third kappa shape index (κ3) is 4.24. The van der Waals surface area contributed by atoms with Gasteiger partial charge in [0, 0.05) is 12.6 Å². The summed E-state index contributed by atoms with van der Waals surface area (Å²) in [7, 11) is 0. The molecular formula is C11H19BrF3N. The Hall–Kier alpha value is 0.230. The second kappa shape index (κ2) is 6.24. The molecule has 1 fully saturated rings. The Kier molecular flexibility index (Phi) is 5.57. The maximum atomic E-state index is 12.4. The van der Waals surface area contributed by atoms with Gasteiger partial charge in [0.15, 0.2) is 0 Å².